The Kier molecular flexibility index (Phi) is 5.57. The molecule has 2 heterocycles. The Morgan fingerprint density at radius 3 is 2.00 bits per heavy atom. The minimum atomic E-state index is -0.547. The van der Waals surface area contributed by atoms with Crippen LogP contribution in [0.3, 0.4) is 0 Å². The van der Waals surface area contributed by atoms with Crippen LogP contribution in [0.2, 0.25) is 0 Å². The number of carbonyl (C=O) groups excluding carboxylic acids is 2. The molecule has 0 aliphatic heterocycles. The third kappa shape index (κ3) is 3.92. The molecule has 0 atom stereocenters. The van der Waals surface area contributed by atoms with Gasteiger partial charge < -0.3 is 10.6 Å². The van der Waals surface area contributed by atoms with Crippen molar-refractivity contribution in [3.63, 3.8) is 0 Å². The molecule has 0 radical (unpaired) electrons. The number of amides is 2. The molecule has 0 fully saturated rings. The monoisotopic (exact) mass is 322 g/mol. The molecule has 6 heteroatoms. The third-order valence-corrected chi connectivity index (χ3v) is 3.30. The van der Waals surface area contributed by atoms with Gasteiger partial charge in [0.2, 0.25) is 5.91 Å². The number of hydrogen-bond acceptors (Lipinski definition) is 4. The summed E-state index contributed by atoms with van der Waals surface area (Å²) in [5.74, 6) is -0.710. The highest BCUT2D eigenvalue weighted by Gasteiger charge is 2.15. The highest BCUT2D eigenvalue weighted by Crippen LogP contribution is 2.17. The number of nitrogens with two attached hydrogens (primary N) is 1. The molecular formula is C18H18N4O2. The van der Waals surface area contributed by atoms with Crippen molar-refractivity contribution in [1.29, 1.82) is 0 Å². The zero-order valence-electron chi connectivity index (χ0n) is 13.2. The number of aromatic nitrogens is 2. The first-order valence-corrected chi connectivity index (χ1v) is 7.30. The fourth-order valence-corrected chi connectivity index (χ4v) is 2.16. The largest absolute Gasteiger partial charge is 0.366 e. The van der Waals surface area contributed by atoms with E-state index in [0.29, 0.717) is 35.6 Å². The quantitative estimate of drug-likeness (QED) is 0.790. The predicted octanol–water partition coefficient (Wildman–Crippen LogP) is 2.06. The summed E-state index contributed by atoms with van der Waals surface area (Å²) in [5, 5.41) is 0. The molecule has 2 rings (SSSR count). The van der Waals surface area contributed by atoms with E-state index >= 15 is 0 Å². The van der Waals surface area contributed by atoms with Crippen LogP contribution in [0.1, 0.15) is 20.7 Å². The van der Waals surface area contributed by atoms with E-state index in [1.54, 1.807) is 35.3 Å². The Bertz CT molecular complexity index is 776. The molecule has 2 N–H and O–H groups in total. The summed E-state index contributed by atoms with van der Waals surface area (Å²) < 4.78 is 0. The van der Waals surface area contributed by atoms with Gasteiger partial charge in [-0.15, -0.1) is 13.2 Å². The number of primary amides is 1. The molecule has 0 aliphatic carbocycles. The van der Waals surface area contributed by atoms with Gasteiger partial charge in [-0.25, -0.2) is 0 Å². The van der Waals surface area contributed by atoms with Crippen molar-refractivity contribution in [3.05, 3.63) is 73.1 Å². The van der Waals surface area contributed by atoms with Crippen LogP contribution in [0.15, 0.2) is 62.0 Å². The SMILES string of the molecule is C=CCN(CC=C)C(=O)c1ccnc(-c2cc(C(N)=O)ccn2)c1. The highest BCUT2D eigenvalue weighted by atomic mass is 16.2. The van der Waals surface area contributed by atoms with E-state index in [1.165, 1.54) is 18.5 Å². The van der Waals surface area contributed by atoms with Crippen LogP contribution < -0.4 is 5.73 Å². The van der Waals surface area contributed by atoms with Gasteiger partial charge in [-0.3, -0.25) is 19.6 Å². The second-order valence-corrected chi connectivity index (χ2v) is 5.01. The van der Waals surface area contributed by atoms with Crippen molar-refractivity contribution in [2.75, 3.05) is 13.1 Å². The van der Waals surface area contributed by atoms with E-state index in [9.17, 15) is 9.59 Å². The number of hydrogen-bond donors (Lipinski definition) is 1. The van der Waals surface area contributed by atoms with Crippen LogP contribution in [0.4, 0.5) is 0 Å². The lowest BCUT2D eigenvalue weighted by atomic mass is 10.1. The second-order valence-electron chi connectivity index (χ2n) is 5.01. The van der Waals surface area contributed by atoms with E-state index in [1.807, 2.05) is 0 Å². The average Bonchev–Trinajstić information content (AvgIpc) is 2.61. The first kappa shape index (κ1) is 17.1. The maximum atomic E-state index is 12.6. The lowest BCUT2D eigenvalue weighted by Crippen LogP contribution is -2.31. The molecule has 2 aromatic heterocycles. The van der Waals surface area contributed by atoms with Gasteiger partial charge in [0.15, 0.2) is 0 Å². The topological polar surface area (TPSA) is 89.2 Å². The lowest BCUT2D eigenvalue weighted by Gasteiger charge is -2.19. The minimum Gasteiger partial charge on any atom is -0.366 e. The number of carbonyl (C=O) groups is 2. The maximum Gasteiger partial charge on any atom is 0.254 e. The van der Waals surface area contributed by atoms with Gasteiger partial charge in [0.1, 0.15) is 0 Å². The van der Waals surface area contributed by atoms with E-state index in [4.69, 9.17) is 5.73 Å². The van der Waals surface area contributed by atoms with Gasteiger partial charge in [0.05, 0.1) is 11.4 Å². The van der Waals surface area contributed by atoms with Crippen LogP contribution in [-0.4, -0.2) is 39.8 Å². The zero-order chi connectivity index (χ0) is 17.5. The van der Waals surface area contributed by atoms with Gasteiger partial charge in [-0.1, -0.05) is 12.2 Å². The standard InChI is InChI=1S/C18H18N4O2/c1-3-9-22(10-4-2)18(24)14-6-8-21-16(12-14)15-11-13(17(19)23)5-7-20-15/h3-8,11-12H,1-2,9-10H2,(H2,19,23). The van der Waals surface area contributed by atoms with E-state index < -0.39 is 5.91 Å². The molecule has 0 saturated heterocycles. The van der Waals surface area contributed by atoms with Gasteiger partial charge in [0.25, 0.3) is 5.91 Å². The Hall–Kier alpha value is -3.28. The van der Waals surface area contributed by atoms with Crippen LogP contribution in [0, 0.1) is 0 Å². The first-order valence-electron chi connectivity index (χ1n) is 7.30. The number of rotatable bonds is 7. The maximum absolute atomic E-state index is 12.6. The summed E-state index contributed by atoms with van der Waals surface area (Å²) in [6.45, 7) is 8.14. The van der Waals surface area contributed by atoms with Crippen molar-refractivity contribution in [2.24, 2.45) is 5.73 Å². The van der Waals surface area contributed by atoms with Crippen molar-refractivity contribution in [3.8, 4) is 11.4 Å². The summed E-state index contributed by atoms with van der Waals surface area (Å²) in [6, 6.07) is 6.33. The summed E-state index contributed by atoms with van der Waals surface area (Å²) in [5.41, 5.74) is 7.04. The highest BCUT2D eigenvalue weighted by molar-refractivity contribution is 5.96. The first-order chi connectivity index (χ1) is 11.6. The Labute approximate surface area is 140 Å². The fraction of sp³-hybridized carbons (Fsp3) is 0.111. The molecule has 6 nitrogen and oxygen atoms in total. The molecule has 2 aromatic rings. The Morgan fingerprint density at radius 1 is 1.00 bits per heavy atom. The summed E-state index contributed by atoms with van der Waals surface area (Å²) in [6.07, 6.45) is 6.32. The molecule has 0 aromatic carbocycles. The Balaban J connectivity index is 2.36. The lowest BCUT2D eigenvalue weighted by molar-refractivity contribution is 0.0790. The summed E-state index contributed by atoms with van der Waals surface area (Å²) >= 11 is 0. The molecule has 0 spiro atoms. The summed E-state index contributed by atoms with van der Waals surface area (Å²) in [4.78, 5) is 33.9. The molecule has 0 bridgehead atoms. The Morgan fingerprint density at radius 2 is 1.50 bits per heavy atom. The van der Waals surface area contributed by atoms with Crippen molar-refractivity contribution in [1.82, 2.24) is 14.9 Å². The van der Waals surface area contributed by atoms with Gasteiger partial charge in [0, 0.05) is 36.6 Å². The normalized spacial score (nSPS) is 10.0. The average molecular weight is 322 g/mol. The molecule has 0 aliphatic rings. The second kappa shape index (κ2) is 7.82. The van der Waals surface area contributed by atoms with Crippen molar-refractivity contribution >= 4 is 11.8 Å². The van der Waals surface area contributed by atoms with Crippen LogP contribution in [0.5, 0.6) is 0 Å². The number of nitrogens with zero attached hydrogens (tertiary/aromatic N) is 3. The van der Waals surface area contributed by atoms with Crippen LogP contribution in [-0.2, 0) is 0 Å². The minimum absolute atomic E-state index is 0.162. The van der Waals surface area contributed by atoms with Crippen molar-refractivity contribution < 1.29 is 9.59 Å². The third-order valence-electron chi connectivity index (χ3n) is 3.30. The van der Waals surface area contributed by atoms with Gasteiger partial charge in [-0.2, -0.15) is 0 Å². The molecular weight excluding hydrogens is 304 g/mol. The van der Waals surface area contributed by atoms with Gasteiger partial charge in [-0.05, 0) is 24.3 Å². The van der Waals surface area contributed by atoms with E-state index in [-0.39, 0.29) is 5.91 Å². The summed E-state index contributed by atoms with van der Waals surface area (Å²) in [7, 11) is 0. The number of pyridine rings is 2. The molecule has 24 heavy (non-hydrogen) atoms. The molecule has 0 unspecified atom stereocenters. The molecule has 2 amide bonds. The predicted molar refractivity (Wildman–Crippen MR) is 92.3 cm³/mol. The van der Waals surface area contributed by atoms with Crippen LogP contribution >= 0.6 is 0 Å². The van der Waals surface area contributed by atoms with Crippen molar-refractivity contribution in [2.45, 2.75) is 0 Å². The van der Waals surface area contributed by atoms with Crippen LogP contribution in [0.25, 0.3) is 11.4 Å². The smallest absolute Gasteiger partial charge is 0.254 e. The van der Waals surface area contributed by atoms with Gasteiger partial charge >= 0.3 is 0 Å². The zero-order valence-corrected chi connectivity index (χ0v) is 13.2. The molecule has 122 valence electrons. The van der Waals surface area contributed by atoms with E-state index in [2.05, 4.69) is 23.1 Å². The van der Waals surface area contributed by atoms with E-state index in [0.717, 1.165) is 0 Å². The fourth-order valence-electron chi connectivity index (χ4n) is 2.16. The molecule has 0 saturated carbocycles.